The Morgan fingerprint density at radius 2 is 1.98 bits per heavy atom. The van der Waals surface area contributed by atoms with E-state index in [4.69, 9.17) is 0 Å². The lowest BCUT2D eigenvalue weighted by Crippen LogP contribution is -2.56. The molecule has 9 rings (SSSR count). The molecule has 2 fully saturated rings. The lowest BCUT2D eigenvalue weighted by atomic mass is 9.62. The number of aromatic hydroxyl groups is 1. The van der Waals surface area contributed by atoms with E-state index in [0.717, 1.165) is 61.8 Å². The van der Waals surface area contributed by atoms with Gasteiger partial charge in [-0.25, -0.2) is 0 Å². The van der Waals surface area contributed by atoms with Crippen LogP contribution < -0.4 is 0 Å². The summed E-state index contributed by atoms with van der Waals surface area (Å²) in [5.41, 5.74) is 11.3. The minimum absolute atomic E-state index is 0.0995. The molecule has 0 unspecified atom stereocenters. The number of aromatic nitrogens is 2. The summed E-state index contributed by atoms with van der Waals surface area (Å²) in [6.45, 7) is 9.36. The molecule has 3 N–H and O–H groups in total. The highest BCUT2D eigenvalue weighted by molar-refractivity contribution is 5.92. The number of nitrogens with one attached hydrogen (secondary N) is 1. The predicted octanol–water partition coefficient (Wildman–Crippen LogP) is 7.30. The molecule has 0 spiro atoms. The van der Waals surface area contributed by atoms with E-state index < -0.39 is 0 Å². The normalized spacial score (nSPS) is 33.4. The van der Waals surface area contributed by atoms with Crippen LogP contribution in [0.15, 0.2) is 48.0 Å². The summed E-state index contributed by atoms with van der Waals surface area (Å²) in [5.74, 6) is 0.878. The zero-order valence-electron chi connectivity index (χ0n) is 27.3. The fourth-order valence-corrected chi connectivity index (χ4v) is 11.4. The molecule has 45 heavy (non-hydrogen) atoms. The van der Waals surface area contributed by atoms with Gasteiger partial charge in [0, 0.05) is 59.1 Å². The lowest BCUT2D eigenvalue weighted by Gasteiger charge is -2.57. The molecule has 2 aromatic heterocycles. The number of piperidine rings is 2. The summed E-state index contributed by atoms with van der Waals surface area (Å²) < 4.78 is 3.73. The topological polar surface area (TPSA) is 64.4 Å². The number of likely N-dealkylation sites (N-methyl/N-ethyl adjacent to an activating group) is 1. The van der Waals surface area contributed by atoms with Crippen LogP contribution in [-0.2, 0) is 12.8 Å². The summed E-state index contributed by atoms with van der Waals surface area (Å²) in [6, 6.07) is 14.1. The number of quaternary nitrogens is 1. The smallest absolute Gasteiger partial charge is 0.131 e. The Kier molecular flexibility index (Phi) is 6.24. The second-order valence-electron chi connectivity index (χ2n) is 15.4. The Bertz CT molecular complexity index is 1870. The van der Waals surface area contributed by atoms with Gasteiger partial charge in [0.2, 0.25) is 0 Å². The molecule has 0 amide bonds. The van der Waals surface area contributed by atoms with Crippen molar-refractivity contribution in [3.63, 3.8) is 0 Å². The highest BCUT2D eigenvalue weighted by Crippen LogP contribution is 2.62. The second kappa shape index (κ2) is 9.97. The molecular formula is C39H49N4O2+. The largest absolute Gasteiger partial charge is 0.508 e. The number of H-pyrrole nitrogens is 1. The quantitative estimate of drug-likeness (QED) is 0.169. The predicted molar refractivity (Wildman–Crippen MR) is 181 cm³/mol. The van der Waals surface area contributed by atoms with Crippen LogP contribution in [0.3, 0.4) is 0 Å². The zero-order chi connectivity index (χ0) is 30.7. The number of aromatic amines is 1. The summed E-state index contributed by atoms with van der Waals surface area (Å²) in [5, 5.41) is 24.6. The van der Waals surface area contributed by atoms with Gasteiger partial charge in [-0.15, -0.1) is 0 Å². The van der Waals surface area contributed by atoms with Gasteiger partial charge in [0.05, 0.1) is 31.4 Å². The lowest BCUT2D eigenvalue weighted by molar-refractivity contribution is -0.942. The first-order valence-electron chi connectivity index (χ1n) is 17.7. The minimum Gasteiger partial charge on any atom is -0.508 e. The number of aliphatic hydroxyl groups excluding tert-OH is 1. The van der Waals surface area contributed by atoms with Crippen molar-refractivity contribution in [3.8, 4) is 5.75 Å². The first-order chi connectivity index (χ1) is 21.9. The van der Waals surface area contributed by atoms with Crippen molar-refractivity contribution in [3.05, 3.63) is 76.1 Å². The van der Waals surface area contributed by atoms with Gasteiger partial charge in [-0.3, -0.25) is 4.90 Å². The van der Waals surface area contributed by atoms with Crippen molar-refractivity contribution in [2.75, 3.05) is 39.8 Å². The Morgan fingerprint density at radius 1 is 1.11 bits per heavy atom. The van der Waals surface area contributed by atoms with E-state index in [1.165, 1.54) is 64.4 Å². The van der Waals surface area contributed by atoms with Crippen LogP contribution in [-0.4, -0.2) is 69.0 Å². The third kappa shape index (κ3) is 3.73. The molecule has 2 saturated heterocycles. The molecule has 5 aliphatic rings. The van der Waals surface area contributed by atoms with E-state index in [2.05, 4.69) is 71.8 Å². The second-order valence-corrected chi connectivity index (χ2v) is 15.4. The maximum Gasteiger partial charge on any atom is 0.131 e. The molecule has 6 heteroatoms. The SMILES string of the molecule is C/C=C1/C[N@@+]2(C)CCc3c([nH]c4ccc(O)c([C@H]5C[C@@]6(CC)CCCN7CCc8c(n5c5ccccc85)[C@H]76)c34)[C@H]2C[C@@H]1CCO. The Balaban J connectivity index is 1.27. The molecule has 0 aliphatic carbocycles. The molecule has 6 nitrogen and oxygen atoms in total. The molecule has 2 aromatic carbocycles. The van der Waals surface area contributed by atoms with E-state index >= 15 is 0 Å². The van der Waals surface area contributed by atoms with E-state index in [9.17, 15) is 10.2 Å². The van der Waals surface area contributed by atoms with Gasteiger partial charge < -0.3 is 24.2 Å². The van der Waals surface area contributed by atoms with Crippen LogP contribution in [0, 0.1) is 11.3 Å². The van der Waals surface area contributed by atoms with Crippen LogP contribution >= 0.6 is 0 Å². The highest BCUT2D eigenvalue weighted by Gasteiger charge is 2.54. The molecule has 6 atom stereocenters. The van der Waals surface area contributed by atoms with E-state index in [1.54, 1.807) is 11.3 Å². The van der Waals surface area contributed by atoms with Crippen LogP contribution in [0.1, 0.15) is 98.6 Å². The standard InChI is InChI=1S/C39H48N4O2/c1-4-24-23-43(3)19-14-28-34-29(40-36(28)32(43)21-25(24)15-20-44)11-12-33(45)35(34)31-22-39(5-2)16-8-17-41-18-13-27-26-9-6-7-10-30(26)42(31)37(27)38(39)41/h4,6-7,9-12,25,31-32,38,40,44H,5,8,13-23H2,1-3H3/p+1/b24-4-/t25-,31+,32+,38-,39+,43+/m0/s1. The van der Waals surface area contributed by atoms with Crippen LogP contribution in [0.2, 0.25) is 0 Å². The van der Waals surface area contributed by atoms with Gasteiger partial charge in [-0.1, -0.05) is 31.2 Å². The molecule has 5 aliphatic heterocycles. The molecule has 7 heterocycles. The number of para-hydroxylation sites is 1. The number of phenols is 1. The number of fused-ring (bicyclic) bond motifs is 8. The molecule has 236 valence electrons. The number of hydrogen-bond donors (Lipinski definition) is 3. The van der Waals surface area contributed by atoms with Crippen molar-refractivity contribution in [1.82, 2.24) is 14.5 Å². The molecular weight excluding hydrogens is 556 g/mol. The van der Waals surface area contributed by atoms with Crippen LogP contribution in [0.5, 0.6) is 5.75 Å². The molecule has 0 saturated carbocycles. The highest BCUT2D eigenvalue weighted by atomic mass is 16.3. The van der Waals surface area contributed by atoms with Crippen molar-refractivity contribution in [1.29, 1.82) is 0 Å². The van der Waals surface area contributed by atoms with Gasteiger partial charge in [-0.05, 0) is 98.2 Å². The summed E-state index contributed by atoms with van der Waals surface area (Å²) >= 11 is 0. The van der Waals surface area contributed by atoms with Gasteiger partial charge in [0.15, 0.2) is 0 Å². The monoisotopic (exact) mass is 605 g/mol. The van der Waals surface area contributed by atoms with Gasteiger partial charge >= 0.3 is 0 Å². The number of rotatable bonds is 4. The van der Waals surface area contributed by atoms with E-state index in [0.29, 0.717) is 23.8 Å². The van der Waals surface area contributed by atoms with E-state index in [-0.39, 0.29) is 18.1 Å². The number of phenolic OH excluding ortho intramolecular Hbond substituents is 1. The molecule has 4 aromatic rings. The maximum atomic E-state index is 12.0. The first kappa shape index (κ1) is 28.2. The van der Waals surface area contributed by atoms with Crippen molar-refractivity contribution in [2.45, 2.75) is 83.3 Å². The number of benzene rings is 2. The third-order valence-electron chi connectivity index (χ3n) is 13.5. The average Bonchev–Trinajstić information content (AvgIpc) is 3.60. The van der Waals surface area contributed by atoms with Crippen molar-refractivity contribution >= 4 is 21.8 Å². The summed E-state index contributed by atoms with van der Waals surface area (Å²) in [7, 11) is 2.44. The fraction of sp³-hybridized carbons (Fsp3) is 0.538. The minimum atomic E-state index is 0.0995. The first-order valence-corrected chi connectivity index (χ1v) is 17.7. The Labute approximate surface area is 266 Å². The number of allylic oxidation sites excluding steroid dienone is 1. The molecule has 0 bridgehead atoms. The van der Waals surface area contributed by atoms with Crippen LogP contribution in [0.4, 0.5) is 0 Å². The van der Waals surface area contributed by atoms with Gasteiger partial charge in [-0.2, -0.15) is 0 Å². The zero-order valence-corrected chi connectivity index (χ0v) is 27.3. The number of nitrogens with zero attached hydrogens (tertiary/aromatic N) is 3. The average molecular weight is 606 g/mol. The van der Waals surface area contributed by atoms with Crippen LogP contribution in [0.25, 0.3) is 21.8 Å². The number of aliphatic hydroxyl groups is 1. The number of hydrogen-bond acceptors (Lipinski definition) is 3. The summed E-state index contributed by atoms with van der Waals surface area (Å²) in [4.78, 5) is 6.79. The van der Waals surface area contributed by atoms with Gasteiger partial charge in [0.1, 0.15) is 18.3 Å². The fourth-order valence-electron chi connectivity index (χ4n) is 11.4. The maximum absolute atomic E-state index is 12.0. The third-order valence-corrected chi connectivity index (χ3v) is 13.5. The van der Waals surface area contributed by atoms with E-state index in [1.807, 2.05) is 6.07 Å². The Hall–Kier alpha value is -3.06. The van der Waals surface area contributed by atoms with Crippen molar-refractivity contribution in [2.24, 2.45) is 11.3 Å². The van der Waals surface area contributed by atoms with Crippen molar-refractivity contribution < 1.29 is 14.7 Å². The Morgan fingerprint density at radius 3 is 2.80 bits per heavy atom. The molecule has 0 radical (unpaired) electrons. The van der Waals surface area contributed by atoms with Gasteiger partial charge in [0.25, 0.3) is 0 Å². The summed E-state index contributed by atoms with van der Waals surface area (Å²) in [6.07, 6.45) is 11.1.